The molecular weight excluding hydrogens is 430 g/mol. The van der Waals surface area contributed by atoms with E-state index in [2.05, 4.69) is 31.1 Å². The third kappa shape index (κ3) is 10.9. The quantitative estimate of drug-likeness (QED) is 0.363. The molecular formula is C27H43N3O4. The number of carbonyl (C=O) groups is 3. The van der Waals surface area contributed by atoms with Crippen LogP contribution in [0.2, 0.25) is 0 Å². The van der Waals surface area contributed by atoms with Gasteiger partial charge in [-0.2, -0.15) is 0 Å². The largest absolute Gasteiger partial charge is 0.444 e. The number of ether oxygens (including phenoxy) is 1. The van der Waals surface area contributed by atoms with Gasteiger partial charge >= 0.3 is 6.09 Å². The number of nitrogens with one attached hydrogen (secondary N) is 2. The number of alkyl carbamates (subject to hydrolysis) is 1. The average Bonchev–Trinajstić information content (AvgIpc) is 2.78. The molecule has 1 atom stereocenters. The van der Waals surface area contributed by atoms with Gasteiger partial charge in [-0.05, 0) is 50.8 Å². The minimum Gasteiger partial charge on any atom is -0.444 e. The van der Waals surface area contributed by atoms with Crippen LogP contribution < -0.4 is 10.6 Å². The van der Waals surface area contributed by atoms with Crippen molar-refractivity contribution >= 4 is 24.0 Å². The first-order valence-corrected chi connectivity index (χ1v) is 12.4. The van der Waals surface area contributed by atoms with Crippen molar-refractivity contribution in [1.29, 1.82) is 0 Å². The maximum absolute atomic E-state index is 13.4. The summed E-state index contributed by atoms with van der Waals surface area (Å²) in [5.41, 5.74) is 0.918. The van der Waals surface area contributed by atoms with Crippen molar-refractivity contribution in [2.24, 2.45) is 0 Å². The van der Waals surface area contributed by atoms with Crippen LogP contribution in [0.1, 0.15) is 90.3 Å². The smallest absolute Gasteiger partial charge is 0.408 e. The Morgan fingerprint density at radius 1 is 1.06 bits per heavy atom. The summed E-state index contributed by atoms with van der Waals surface area (Å²) in [6, 6.07) is 6.69. The number of carbonyl (C=O) groups excluding carboxylic acids is 3. The highest BCUT2D eigenvalue weighted by molar-refractivity contribution is 5.90. The van der Waals surface area contributed by atoms with Gasteiger partial charge < -0.3 is 20.3 Å². The molecule has 0 aliphatic heterocycles. The molecule has 1 unspecified atom stereocenters. The minimum absolute atomic E-state index is 0.223. The Bertz CT molecular complexity index is 801. The van der Waals surface area contributed by atoms with E-state index < -0.39 is 17.7 Å². The predicted octanol–water partition coefficient (Wildman–Crippen LogP) is 5.22. The summed E-state index contributed by atoms with van der Waals surface area (Å²) >= 11 is 0. The number of amides is 3. The first-order valence-electron chi connectivity index (χ1n) is 12.4. The Balaban J connectivity index is 3.18. The maximum atomic E-state index is 13.4. The average molecular weight is 474 g/mol. The number of nitrogens with zero attached hydrogens (tertiary/aromatic N) is 1. The highest BCUT2D eigenvalue weighted by Gasteiger charge is 2.31. The molecule has 3 amide bonds. The third-order valence-electron chi connectivity index (χ3n) is 5.21. The zero-order chi connectivity index (χ0) is 25.6. The second-order valence-corrected chi connectivity index (χ2v) is 9.42. The van der Waals surface area contributed by atoms with Crippen molar-refractivity contribution < 1.29 is 19.1 Å². The molecule has 0 spiro atoms. The van der Waals surface area contributed by atoms with Gasteiger partial charge in [-0.25, -0.2) is 4.79 Å². The molecule has 190 valence electrons. The zero-order valence-electron chi connectivity index (χ0n) is 21.6. The third-order valence-corrected chi connectivity index (χ3v) is 5.21. The summed E-state index contributed by atoms with van der Waals surface area (Å²) < 4.78 is 5.25. The van der Waals surface area contributed by atoms with Gasteiger partial charge in [-0.1, -0.05) is 70.4 Å². The monoisotopic (exact) mass is 473 g/mol. The minimum atomic E-state index is -0.800. The van der Waals surface area contributed by atoms with Gasteiger partial charge in [0.1, 0.15) is 18.2 Å². The Morgan fingerprint density at radius 2 is 1.74 bits per heavy atom. The molecule has 0 fully saturated rings. The molecule has 0 aromatic heterocycles. The van der Waals surface area contributed by atoms with Crippen LogP contribution in [0.4, 0.5) is 4.79 Å². The molecule has 1 aromatic rings. The fourth-order valence-corrected chi connectivity index (χ4v) is 3.51. The van der Waals surface area contributed by atoms with E-state index in [4.69, 9.17) is 4.74 Å². The number of hydrogen-bond donors (Lipinski definition) is 2. The highest BCUT2D eigenvalue weighted by atomic mass is 16.6. The molecule has 0 heterocycles. The van der Waals surface area contributed by atoms with Crippen LogP contribution in [-0.4, -0.2) is 48.0 Å². The lowest BCUT2D eigenvalue weighted by atomic mass is 10.0. The van der Waals surface area contributed by atoms with Crippen molar-refractivity contribution in [2.75, 3.05) is 19.6 Å². The van der Waals surface area contributed by atoms with Crippen LogP contribution in [0.25, 0.3) is 6.08 Å². The van der Waals surface area contributed by atoms with E-state index in [-0.39, 0.29) is 18.4 Å². The van der Waals surface area contributed by atoms with E-state index in [0.29, 0.717) is 18.7 Å². The molecule has 0 saturated heterocycles. The van der Waals surface area contributed by atoms with E-state index in [0.717, 1.165) is 44.1 Å². The van der Waals surface area contributed by atoms with Crippen molar-refractivity contribution in [1.82, 2.24) is 15.5 Å². The Kier molecular flexibility index (Phi) is 13.0. The second kappa shape index (κ2) is 15.1. The zero-order valence-corrected chi connectivity index (χ0v) is 21.6. The molecule has 0 saturated carbocycles. The molecule has 0 bridgehead atoms. The highest BCUT2D eigenvalue weighted by Crippen LogP contribution is 2.24. The Hall–Kier alpha value is -2.83. The van der Waals surface area contributed by atoms with Crippen molar-refractivity contribution in [3.63, 3.8) is 0 Å². The molecule has 7 nitrogen and oxygen atoms in total. The molecule has 2 N–H and O–H groups in total. The fraction of sp³-hybridized carbons (Fsp3) is 0.593. The summed E-state index contributed by atoms with van der Waals surface area (Å²) in [7, 11) is 0. The van der Waals surface area contributed by atoms with E-state index in [1.807, 2.05) is 24.3 Å². The van der Waals surface area contributed by atoms with Crippen LogP contribution in [0.3, 0.4) is 0 Å². The molecule has 0 aliphatic carbocycles. The number of benzene rings is 1. The predicted molar refractivity (Wildman–Crippen MR) is 137 cm³/mol. The van der Waals surface area contributed by atoms with Crippen LogP contribution >= 0.6 is 0 Å². The van der Waals surface area contributed by atoms with E-state index in [9.17, 15) is 14.4 Å². The summed E-state index contributed by atoms with van der Waals surface area (Å²) in [6.07, 6.45) is 6.69. The summed E-state index contributed by atoms with van der Waals surface area (Å²) in [6.45, 7) is 14.0. The van der Waals surface area contributed by atoms with Crippen LogP contribution in [0, 0.1) is 0 Å². The first-order chi connectivity index (χ1) is 16.1. The van der Waals surface area contributed by atoms with Gasteiger partial charge in [0.2, 0.25) is 11.8 Å². The molecule has 0 radical (unpaired) electrons. The Morgan fingerprint density at radius 3 is 2.35 bits per heavy atom. The molecule has 34 heavy (non-hydrogen) atoms. The van der Waals surface area contributed by atoms with Crippen LogP contribution in [0.5, 0.6) is 0 Å². The van der Waals surface area contributed by atoms with Gasteiger partial charge in [0.15, 0.2) is 0 Å². The maximum Gasteiger partial charge on any atom is 0.408 e. The van der Waals surface area contributed by atoms with Gasteiger partial charge in [0.05, 0.1) is 0 Å². The summed E-state index contributed by atoms with van der Waals surface area (Å²) in [4.78, 5) is 40.4. The SMILES string of the molecule is C=Cc1cccc(C(C(=O)NCCCCC)N(CCCCC)C(=O)CNC(=O)OC(C)(C)C)c1. The van der Waals surface area contributed by atoms with E-state index in [1.165, 1.54) is 0 Å². The molecule has 7 heteroatoms. The standard InChI is InChI=1S/C27H43N3O4/c1-7-10-12-17-28-25(32)24(22-16-14-15-21(9-3)19-22)30(18-13-11-8-2)23(31)20-29-26(33)34-27(4,5)6/h9,14-16,19,24H,3,7-8,10-13,17-18,20H2,1-2,4-6H3,(H,28,32)(H,29,33). The Labute approximate surface area is 205 Å². The van der Waals surface area contributed by atoms with Gasteiger partial charge in [-0.15, -0.1) is 0 Å². The topological polar surface area (TPSA) is 87.7 Å². The van der Waals surface area contributed by atoms with Crippen molar-refractivity contribution in [3.05, 3.63) is 42.0 Å². The molecule has 0 aliphatic rings. The van der Waals surface area contributed by atoms with Crippen LogP contribution in [0.15, 0.2) is 30.8 Å². The number of rotatable bonds is 14. The summed E-state index contributed by atoms with van der Waals surface area (Å²) in [5, 5.41) is 5.54. The number of hydrogen-bond acceptors (Lipinski definition) is 4. The summed E-state index contributed by atoms with van der Waals surface area (Å²) in [5.74, 6) is -0.556. The lowest BCUT2D eigenvalue weighted by Crippen LogP contribution is -2.48. The fourth-order valence-electron chi connectivity index (χ4n) is 3.51. The van der Waals surface area contributed by atoms with Crippen molar-refractivity contribution in [2.45, 2.75) is 84.8 Å². The van der Waals surface area contributed by atoms with E-state index >= 15 is 0 Å². The van der Waals surface area contributed by atoms with Gasteiger partial charge in [-0.3, -0.25) is 9.59 Å². The van der Waals surface area contributed by atoms with Gasteiger partial charge in [0, 0.05) is 13.1 Å². The normalized spacial score (nSPS) is 11.9. The molecule has 1 rings (SSSR count). The van der Waals surface area contributed by atoms with Crippen molar-refractivity contribution in [3.8, 4) is 0 Å². The van der Waals surface area contributed by atoms with Gasteiger partial charge in [0.25, 0.3) is 0 Å². The molecule has 1 aromatic carbocycles. The number of unbranched alkanes of at least 4 members (excludes halogenated alkanes) is 4. The second-order valence-electron chi connectivity index (χ2n) is 9.42. The lowest BCUT2D eigenvalue weighted by molar-refractivity contribution is -0.140. The first kappa shape index (κ1) is 29.2. The van der Waals surface area contributed by atoms with Crippen LogP contribution in [-0.2, 0) is 14.3 Å². The van der Waals surface area contributed by atoms with E-state index in [1.54, 1.807) is 31.7 Å². The lowest BCUT2D eigenvalue weighted by Gasteiger charge is -2.32.